The zero-order valence-electron chi connectivity index (χ0n) is 18.3. The van der Waals surface area contributed by atoms with Crippen LogP contribution < -0.4 is 10.1 Å². The Morgan fingerprint density at radius 2 is 1.38 bits per heavy atom. The van der Waals surface area contributed by atoms with E-state index in [9.17, 15) is 0 Å². The first-order valence-corrected chi connectivity index (χ1v) is 11.3. The molecule has 2 heterocycles. The second-order valence-electron chi connectivity index (χ2n) is 8.22. The second-order valence-corrected chi connectivity index (χ2v) is 8.22. The molecule has 5 aromatic rings. The highest BCUT2D eigenvalue weighted by molar-refractivity contribution is 5.65. The van der Waals surface area contributed by atoms with E-state index in [1.807, 2.05) is 91.0 Å². The Morgan fingerprint density at radius 1 is 0.706 bits per heavy atom. The van der Waals surface area contributed by atoms with Crippen LogP contribution in [0.2, 0.25) is 0 Å². The first-order chi connectivity index (χ1) is 16.8. The van der Waals surface area contributed by atoms with Crippen molar-refractivity contribution in [3.8, 4) is 34.3 Å². The fourth-order valence-electron chi connectivity index (χ4n) is 3.72. The van der Waals surface area contributed by atoms with Crippen LogP contribution >= 0.6 is 0 Å². The second kappa shape index (κ2) is 8.78. The van der Waals surface area contributed by atoms with Gasteiger partial charge in [-0.25, -0.2) is 4.98 Å². The maximum atomic E-state index is 6.01. The highest BCUT2D eigenvalue weighted by atomic mass is 16.5. The van der Waals surface area contributed by atoms with Gasteiger partial charge in [0, 0.05) is 28.8 Å². The fraction of sp³-hybridized carbons (Fsp3) is 0.111. The van der Waals surface area contributed by atoms with Crippen LogP contribution in [0.5, 0.6) is 11.5 Å². The molecule has 1 fully saturated rings. The number of anilines is 2. The number of aromatic amines is 1. The predicted molar refractivity (Wildman–Crippen MR) is 131 cm³/mol. The third-order valence-electron chi connectivity index (χ3n) is 5.59. The third kappa shape index (κ3) is 4.49. The summed E-state index contributed by atoms with van der Waals surface area (Å²) in [5, 5.41) is 10.7. The number of rotatable bonds is 7. The molecule has 2 aromatic heterocycles. The van der Waals surface area contributed by atoms with Crippen molar-refractivity contribution < 1.29 is 4.74 Å². The number of benzene rings is 3. The SMILES string of the molecule is c1ccc(Oc2cccc(-c3nc(Nc4cc(C5CC5)[nH]n4)nc(-c4ccccc4)n3)c2)cc1. The normalized spacial score (nSPS) is 12.9. The van der Waals surface area contributed by atoms with Gasteiger partial charge in [-0.3, -0.25) is 5.10 Å². The summed E-state index contributed by atoms with van der Waals surface area (Å²) in [7, 11) is 0. The van der Waals surface area contributed by atoms with Gasteiger partial charge in [-0.2, -0.15) is 15.1 Å². The van der Waals surface area contributed by atoms with Crippen LogP contribution in [0.15, 0.2) is 91.0 Å². The molecule has 7 heteroatoms. The summed E-state index contributed by atoms with van der Waals surface area (Å²) in [6.45, 7) is 0. The highest BCUT2D eigenvalue weighted by Gasteiger charge is 2.25. The van der Waals surface area contributed by atoms with Crippen LogP contribution in [0, 0.1) is 0 Å². The van der Waals surface area contributed by atoms with Crippen molar-refractivity contribution in [2.24, 2.45) is 0 Å². The van der Waals surface area contributed by atoms with E-state index in [-0.39, 0.29) is 0 Å². The quantitative estimate of drug-likeness (QED) is 0.303. The molecule has 0 radical (unpaired) electrons. The Morgan fingerprint density at radius 3 is 2.15 bits per heavy atom. The molecule has 0 amide bonds. The summed E-state index contributed by atoms with van der Waals surface area (Å²) in [6.07, 6.45) is 2.41. The monoisotopic (exact) mass is 446 g/mol. The Labute approximate surface area is 196 Å². The smallest absolute Gasteiger partial charge is 0.232 e. The topological polar surface area (TPSA) is 88.6 Å². The molecule has 0 bridgehead atoms. The Kier molecular flexibility index (Phi) is 5.20. The van der Waals surface area contributed by atoms with Crippen molar-refractivity contribution >= 4 is 11.8 Å². The number of H-pyrrole nitrogens is 1. The Balaban J connectivity index is 1.36. The summed E-state index contributed by atoms with van der Waals surface area (Å²) in [5.74, 6) is 4.33. The average Bonchev–Trinajstić information content (AvgIpc) is 3.64. The van der Waals surface area contributed by atoms with E-state index >= 15 is 0 Å². The lowest BCUT2D eigenvalue weighted by Crippen LogP contribution is -2.03. The molecule has 3 aromatic carbocycles. The van der Waals surface area contributed by atoms with Gasteiger partial charge in [-0.05, 0) is 37.1 Å². The van der Waals surface area contributed by atoms with Gasteiger partial charge in [0.25, 0.3) is 0 Å². The van der Waals surface area contributed by atoms with Crippen molar-refractivity contribution in [1.82, 2.24) is 25.1 Å². The van der Waals surface area contributed by atoms with Crippen LogP contribution in [-0.2, 0) is 0 Å². The maximum absolute atomic E-state index is 6.01. The Hall–Kier alpha value is -4.52. The lowest BCUT2D eigenvalue weighted by Gasteiger charge is -2.10. The minimum Gasteiger partial charge on any atom is -0.457 e. The molecule has 7 nitrogen and oxygen atoms in total. The van der Waals surface area contributed by atoms with Crippen molar-refractivity contribution in [3.05, 3.63) is 96.7 Å². The average molecular weight is 447 g/mol. The molecule has 0 aliphatic heterocycles. The first kappa shape index (κ1) is 20.1. The number of nitrogens with zero attached hydrogens (tertiary/aromatic N) is 4. The predicted octanol–water partition coefficient (Wildman–Crippen LogP) is 6.34. The summed E-state index contributed by atoms with van der Waals surface area (Å²) in [6, 6.07) is 29.3. The molecule has 0 spiro atoms. The van der Waals surface area contributed by atoms with E-state index in [2.05, 4.69) is 20.5 Å². The number of para-hydroxylation sites is 1. The summed E-state index contributed by atoms with van der Waals surface area (Å²) < 4.78 is 6.01. The minimum atomic E-state index is 0.437. The van der Waals surface area contributed by atoms with E-state index in [0.717, 1.165) is 22.6 Å². The minimum absolute atomic E-state index is 0.437. The van der Waals surface area contributed by atoms with E-state index < -0.39 is 0 Å². The van der Waals surface area contributed by atoms with Crippen LogP contribution in [0.1, 0.15) is 24.5 Å². The molecular weight excluding hydrogens is 424 g/mol. The molecule has 1 saturated carbocycles. The molecular formula is C27H22N6O. The number of aromatic nitrogens is 5. The summed E-state index contributed by atoms with van der Waals surface area (Å²) >= 11 is 0. The number of ether oxygens (including phenoxy) is 1. The van der Waals surface area contributed by atoms with E-state index in [1.165, 1.54) is 12.8 Å². The molecule has 1 aliphatic rings. The largest absolute Gasteiger partial charge is 0.457 e. The Bertz CT molecular complexity index is 1410. The standard InChI is InChI=1S/C27H22N6O/c1-3-8-19(9-4-1)25-29-26(20-10-7-13-22(16-20)34-21-11-5-2-6-12-21)31-27(30-25)28-24-17-23(32-33-24)18-14-15-18/h1-13,16-18H,14-15H2,(H2,28,29,30,31,32,33). The van der Waals surface area contributed by atoms with Crippen LogP contribution in [0.4, 0.5) is 11.8 Å². The van der Waals surface area contributed by atoms with Gasteiger partial charge in [0.1, 0.15) is 11.5 Å². The molecule has 0 saturated heterocycles. The number of hydrogen-bond donors (Lipinski definition) is 2. The lowest BCUT2D eigenvalue weighted by atomic mass is 10.2. The van der Waals surface area contributed by atoms with Crippen LogP contribution in [0.25, 0.3) is 22.8 Å². The molecule has 0 unspecified atom stereocenters. The molecule has 166 valence electrons. The van der Waals surface area contributed by atoms with E-state index in [4.69, 9.17) is 14.7 Å². The van der Waals surface area contributed by atoms with Crippen molar-refractivity contribution in [1.29, 1.82) is 0 Å². The van der Waals surface area contributed by atoms with Crippen molar-refractivity contribution in [2.45, 2.75) is 18.8 Å². The van der Waals surface area contributed by atoms with Crippen molar-refractivity contribution in [2.75, 3.05) is 5.32 Å². The summed E-state index contributed by atoms with van der Waals surface area (Å²) in [4.78, 5) is 14.1. The first-order valence-electron chi connectivity index (χ1n) is 11.3. The molecule has 2 N–H and O–H groups in total. The van der Waals surface area contributed by atoms with Gasteiger partial charge >= 0.3 is 0 Å². The molecule has 34 heavy (non-hydrogen) atoms. The third-order valence-corrected chi connectivity index (χ3v) is 5.59. The molecule has 0 atom stereocenters. The fourth-order valence-corrected chi connectivity index (χ4v) is 3.72. The lowest BCUT2D eigenvalue weighted by molar-refractivity contribution is 0.483. The van der Waals surface area contributed by atoms with Gasteiger partial charge in [-0.1, -0.05) is 60.7 Å². The highest BCUT2D eigenvalue weighted by Crippen LogP contribution is 2.39. The van der Waals surface area contributed by atoms with Gasteiger partial charge in [-0.15, -0.1) is 0 Å². The number of hydrogen-bond acceptors (Lipinski definition) is 6. The van der Waals surface area contributed by atoms with Crippen molar-refractivity contribution in [3.63, 3.8) is 0 Å². The summed E-state index contributed by atoms with van der Waals surface area (Å²) in [5.41, 5.74) is 2.88. The zero-order chi connectivity index (χ0) is 22.7. The molecule has 1 aliphatic carbocycles. The van der Waals surface area contributed by atoms with Crippen LogP contribution in [0.3, 0.4) is 0 Å². The van der Waals surface area contributed by atoms with Gasteiger partial charge < -0.3 is 10.1 Å². The number of nitrogens with one attached hydrogen (secondary N) is 2. The van der Waals surface area contributed by atoms with Gasteiger partial charge in [0.2, 0.25) is 5.95 Å². The van der Waals surface area contributed by atoms with E-state index in [1.54, 1.807) is 0 Å². The van der Waals surface area contributed by atoms with Gasteiger partial charge in [0.05, 0.1) is 0 Å². The zero-order valence-corrected chi connectivity index (χ0v) is 18.3. The molecule has 6 rings (SSSR count). The van der Waals surface area contributed by atoms with Crippen LogP contribution in [-0.4, -0.2) is 25.1 Å². The van der Waals surface area contributed by atoms with Gasteiger partial charge in [0.15, 0.2) is 17.5 Å². The van der Waals surface area contributed by atoms with E-state index in [0.29, 0.717) is 35.1 Å². The maximum Gasteiger partial charge on any atom is 0.232 e.